The molecule has 5 nitrogen and oxygen atoms in total. The molecule has 0 fully saturated rings. The fourth-order valence-electron chi connectivity index (χ4n) is 4.22. The van der Waals surface area contributed by atoms with E-state index in [1.807, 2.05) is 42.5 Å². The topological polar surface area (TPSA) is 62.3 Å². The van der Waals surface area contributed by atoms with E-state index in [1.165, 1.54) is 5.56 Å². The lowest BCUT2D eigenvalue weighted by atomic mass is 9.89. The molecule has 2 aromatic heterocycles. The quantitative estimate of drug-likeness (QED) is 0.553. The van der Waals surface area contributed by atoms with Crippen LogP contribution in [-0.4, -0.2) is 16.5 Å². The van der Waals surface area contributed by atoms with E-state index < -0.39 is 0 Å². The Balaban J connectivity index is 1.84. The third-order valence-corrected chi connectivity index (χ3v) is 5.51. The Hall–Kier alpha value is -3.52. The fourth-order valence-corrected chi connectivity index (χ4v) is 4.22. The van der Waals surface area contributed by atoms with Crippen LogP contribution in [0.3, 0.4) is 0 Å². The Kier molecular flexibility index (Phi) is 3.91. The largest absolute Gasteiger partial charge is 0.497 e. The standard InChI is InChI=1S/C23H20N4O/c1-28-16-8-6-7-15(13-16)25-22-18-10-3-2-9-17(18)19(14-24)23-26-20-11-4-5-12-21(20)27(22)23/h4-8,11-13,25H,2-3,9-10H2,1H3. The van der Waals surface area contributed by atoms with Gasteiger partial charge in [0, 0.05) is 11.8 Å². The summed E-state index contributed by atoms with van der Waals surface area (Å²) in [5, 5.41) is 13.5. The van der Waals surface area contributed by atoms with Crippen molar-refractivity contribution < 1.29 is 4.74 Å². The van der Waals surface area contributed by atoms with Gasteiger partial charge in [0.05, 0.1) is 23.7 Å². The molecule has 0 atom stereocenters. The van der Waals surface area contributed by atoms with Crippen molar-refractivity contribution in [3.05, 3.63) is 65.2 Å². The first kappa shape index (κ1) is 16.6. The molecule has 0 radical (unpaired) electrons. The molecular weight excluding hydrogens is 348 g/mol. The minimum Gasteiger partial charge on any atom is -0.497 e. The van der Waals surface area contributed by atoms with Gasteiger partial charge in [-0.3, -0.25) is 4.40 Å². The Morgan fingerprint density at radius 2 is 1.89 bits per heavy atom. The Morgan fingerprint density at radius 1 is 1.07 bits per heavy atom. The number of hydrogen-bond acceptors (Lipinski definition) is 4. The number of nitrogens with zero attached hydrogens (tertiary/aromatic N) is 3. The van der Waals surface area contributed by atoms with Crippen LogP contribution in [0.1, 0.15) is 29.5 Å². The van der Waals surface area contributed by atoms with E-state index in [0.717, 1.165) is 65.2 Å². The van der Waals surface area contributed by atoms with Gasteiger partial charge in [0.15, 0.2) is 5.65 Å². The van der Waals surface area contributed by atoms with Crippen LogP contribution in [0.4, 0.5) is 11.5 Å². The molecule has 1 aliphatic rings. The van der Waals surface area contributed by atoms with Crippen LogP contribution >= 0.6 is 0 Å². The summed E-state index contributed by atoms with van der Waals surface area (Å²) >= 11 is 0. The summed E-state index contributed by atoms with van der Waals surface area (Å²) in [6.45, 7) is 0. The van der Waals surface area contributed by atoms with Crippen LogP contribution < -0.4 is 10.1 Å². The normalized spacial score (nSPS) is 13.3. The van der Waals surface area contributed by atoms with Gasteiger partial charge in [0.1, 0.15) is 17.6 Å². The molecule has 28 heavy (non-hydrogen) atoms. The van der Waals surface area contributed by atoms with E-state index in [-0.39, 0.29) is 0 Å². The molecule has 5 rings (SSSR count). The third kappa shape index (κ3) is 2.49. The first-order chi connectivity index (χ1) is 13.8. The van der Waals surface area contributed by atoms with Crippen molar-refractivity contribution in [1.82, 2.24) is 9.38 Å². The summed E-state index contributed by atoms with van der Waals surface area (Å²) in [5.74, 6) is 1.81. The second-order valence-electron chi connectivity index (χ2n) is 7.12. The minimum atomic E-state index is 0.710. The van der Waals surface area contributed by atoms with Crippen LogP contribution in [0.5, 0.6) is 5.75 Å². The van der Waals surface area contributed by atoms with Crippen molar-refractivity contribution in [2.75, 3.05) is 12.4 Å². The zero-order chi connectivity index (χ0) is 19.1. The number of benzene rings is 2. The van der Waals surface area contributed by atoms with E-state index in [2.05, 4.69) is 21.9 Å². The summed E-state index contributed by atoms with van der Waals surface area (Å²) in [6, 6.07) is 18.4. The van der Waals surface area contributed by atoms with Gasteiger partial charge in [0.2, 0.25) is 0 Å². The lowest BCUT2D eigenvalue weighted by molar-refractivity contribution is 0.415. The maximum absolute atomic E-state index is 9.93. The molecule has 1 N–H and O–H groups in total. The summed E-state index contributed by atoms with van der Waals surface area (Å²) in [7, 11) is 1.67. The molecule has 0 aliphatic heterocycles. The molecule has 4 aromatic rings. The average molecular weight is 368 g/mol. The highest BCUT2D eigenvalue weighted by atomic mass is 16.5. The summed E-state index contributed by atoms with van der Waals surface area (Å²) < 4.78 is 7.49. The lowest BCUT2D eigenvalue weighted by Gasteiger charge is -2.23. The van der Waals surface area contributed by atoms with E-state index in [4.69, 9.17) is 9.72 Å². The molecule has 0 saturated heterocycles. The predicted octanol–water partition coefficient (Wildman–Crippen LogP) is 4.99. The number of imidazole rings is 1. The molecule has 2 aromatic carbocycles. The number of pyridine rings is 1. The molecule has 2 heterocycles. The van der Waals surface area contributed by atoms with Gasteiger partial charge < -0.3 is 10.1 Å². The summed E-state index contributed by atoms with van der Waals surface area (Å²) in [5.41, 5.74) is 6.67. The second-order valence-corrected chi connectivity index (χ2v) is 7.12. The SMILES string of the molecule is COc1cccc(Nc2c3c(c(C#N)c4nc5ccccc5n24)CCCC3)c1. The Labute approximate surface area is 163 Å². The van der Waals surface area contributed by atoms with Gasteiger partial charge in [-0.15, -0.1) is 0 Å². The van der Waals surface area contributed by atoms with Gasteiger partial charge in [0.25, 0.3) is 0 Å². The van der Waals surface area contributed by atoms with Crippen LogP contribution in [-0.2, 0) is 12.8 Å². The second kappa shape index (κ2) is 6.58. The van der Waals surface area contributed by atoms with Crippen molar-refractivity contribution in [1.29, 1.82) is 5.26 Å². The number of fused-ring (bicyclic) bond motifs is 4. The molecular formula is C23H20N4O. The highest BCUT2D eigenvalue weighted by molar-refractivity contribution is 5.87. The maximum Gasteiger partial charge on any atom is 0.157 e. The van der Waals surface area contributed by atoms with Crippen molar-refractivity contribution in [3.8, 4) is 11.8 Å². The van der Waals surface area contributed by atoms with Crippen LogP contribution in [0.25, 0.3) is 16.7 Å². The Bertz CT molecular complexity index is 1250. The maximum atomic E-state index is 9.93. The molecule has 0 spiro atoms. The molecule has 1 aliphatic carbocycles. The molecule has 5 heteroatoms. The lowest BCUT2D eigenvalue weighted by Crippen LogP contribution is -2.13. The van der Waals surface area contributed by atoms with Gasteiger partial charge >= 0.3 is 0 Å². The number of nitriles is 1. The van der Waals surface area contributed by atoms with E-state index in [9.17, 15) is 5.26 Å². The van der Waals surface area contributed by atoms with Crippen molar-refractivity contribution in [3.63, 3.8) is 0 Å². The van der Waals surface area contributed by atoms with Crippen molar-refractivity contribution in [2.24, 2.45) is 0 Å². The van der Waals surface area contributed by atoms with Gasteiger partial charge in [-0.25, -0.2) is 4.98 Å². The van der Waals surface area contributed by atoms with Gasteiger partial charge in [-0.05, 0) is 61.1 Å². The molecule has 0 amide bonds. The first-order valence-electron chi connectivity index (χ1n) is 9.56. The summed E-state index contributed by atoms with van der Waals surface area (Å²) in [4.78, 5) is 4.81. The first-order valence-corrected chi connectivity index (χ1v) is 9.56. The van der Waals surface area contributed by atoms with Crippen molar-refractivity contribution in [2.45, 2.75) is 25.7 Å². The van der Waals surface area contributed by atoms with Gasteiger partial charge in [-0.1, -0.05) is 18.2 Å². The fraction of sp³-hybridized carbons (Fsp3) is 0.217. The minimum absolute atomic E-state index is 0.710. The molecule has 0 unspecified atom stereocenters. The third-order valence-electron chi connectivity index (χ3n) is 5.51. The predicted molar refractivity (Wildman–Crippen MR) is 110 cm³/mol. The number of aromatic nitrogens is 2. The number of rotatable bonds is 3. The zero-order valence-electron chi connectivity index (χ0n) is 15.7. The van der Waals surface area contributed by atoms with E-state index in [0.29, 0.717) is 5.56 Å². The van der Waals surface area contributed by atoms with Crippen LogP contribution in [0, 0.1) is 11.3 Å². The van der Waals surface area contributed by atoms with Gasteiger partial charge in [-0.2, -0.15) is 5.26 Å². The number of hydrogen-bond donors (Lipinski definition) is 1. The average Bonchev–Trinajstić information content (AvgIpc) is 3.13. The monoisotopic (exact) mass is 368 g/mol. The smallest absolute Gasteiger partial charge is 0.157 e. The summed E-state index contributed by atoms with van der Waals surface area (Å²) in [6.07, 6.45) is 4.11. The van der Waals surface area contributed by atoms with Crippen molar-refractivity contribution >= 4 is 28.2 Å². The molecule has 138 valence electrons. The number of anilines is 2. The molecule has 0 bridgehead atoms. The van der Waals surface area contributed by atoms with Crippen LogP contribution in [0.15, 0.2) is 48.5 Å². The number of nitrogens with one attached hydrogen (secondary N) is 1. The number of para-hydroxylation sites is 2. The molecule has 0 saturated carbocycles. The van der Waals surface area contributed by atoms with E-state index >= 15 is 0 Å². The highest BCUT2D eigenvalue weighted by Gasteiger charge is 2.24. The number of ether oxygens (including phenoxy) is 1. The zero-order valence-corrected chi connectivity index (χ0v) is 15.7. The van der Waals surface area contributed by atoms with Crippen LogP contribution in [0.2, 0.25) is 0 Å². The Morgan fingerprint density at radius 3 is 2.71 bits per heavy atom. The number of methoxy groups -OCH3 is 1. The highest BCUT2D eigenvalue weighted by Crippen LogP contribution is 2.37. The van der Waals surface area contributed by atoms with E-state index in [1.54, 1.807) is 7.11 Å².